The molecule has 0 saturated carbocycles. The first-order chi connectivity index (χ1) is 13.8. The molecular weight excluding hydrogens is 390 g/mol. The number of hydrogen-bond acceptors (Lipinski definition) is 6. The van der Waals surface area contributed by atoms with Gasteiger partial charge in [0.1, 0.15) is 23.7 Å². The average Bonchev–Trinajstić information content (AvgIpc) is 3.10. The molecule has 1 saturated heterocycles. The quantitative estimate of drug-likeness (QED) is 0.599. The van der Waals surface area contributed by atoms with E-state index in [1.54, 1.807) is 34.6 Å². The van der Waals surface area contributed by atoms with Gasteiger partial charge in [-0.05, 0) is 45.4 Å². The van der Waals surface area contributed by atoms with Gasteiger partial charge in [-0.25, -0.2) is 9.59 Å². The fourth-order valence-electron chi connectivity index (χ4n) is 3.30. The molecule has 9 heteroatoms. The van der Waals surface area contributed by atoms with E-state index in [2.05, 4.69) is 10.6 Å². The third kappa shape index (κ3) is 7.18. The first-order valence-corrected chi connectivity index (χ1v) is 10.5. The van der Waals surface area contributed by atoms with E-state index in [1.807, 2.05) is 13.8 Å². The van der Waals surface area contributed by atoms with E-state index in [9.17, 15) is 19.2 Å². The van der Waals surface area contributed by atoms with Crippen LogP contribution in [0.2, 0.25) is 0 Å². The Morgan fingerprint density at radius 3 is 2.00 bits per heavy atom. The molecule has 3 amide bonds. The van der Waals surface area contributed by atoms with Crippen LogP contribution in [0, 0.1) is 11.8 Å². The van der Waals surface area contributed by atoms with Crippen molar-refractivity contribution in [1.29, 1.82) is 0 Å². The van der Waals surface area contributed by atoms with E-state index in [4.69, 9.17) is 9.47 Å². The third-order valence-electron chi connectivity index (χ3n) is 4.86. The minimum Gasteiger partial charge on any atom is -0.467 e. The molecule has 0 aromatic carbocycles. The van der Waals surface area contributed by atoms with Gasteiger partial charge in [0.25, 0.3) is 0 Å². The Morgan fingerprint density at radius 1 is 0.967 bits per heavy atom. The first kappa shape index (κ1) is 25.7. The highest BCUT2D eigenvalue weighted by Gasteiger charge is 2.40. The van der Waals surface area contributed by atoms with Gasteiger partial charge < -0.3 is 25.0 Å². The fraction of sp³-hybridized carbons (Fsp3) is 0.810. The number of hydrogen-bond donors (Lipinski definition) is 2. The molecule has 0 aromatic heterocycles. The van der Waals surface area contributed by atoms with E-state index in [-0.39, 0.29) is 17.7 Å². The Hall–Kier alpha value is -2.32. The van der Waals surface area contributed by atoms with Crippen molar-refractivity contribution in [2.24, 2.45) is 11.8 Å². The molecule has 172 valence electrons. The number of ether oxygens (including phenoxy) is 2. The molecule has 0 radical (unpaired) electrons. The van der Waals surface area contributed by atoms with Crippen LogP contribution < -0.4 is 10.6 Å². The zero-order valence-electron chi connectivity index (χ0n) is 19.4. The van der Waals surface area contributed by atoms with E-state index in [1.165, 1.54) is 12.0 Å². The van der Waals surface area contributed by atoms with Gasteiger partial charge in [0.15, 0.2) is 0 Å². The molecule has 1 rings (SSSR count). The molecule has 1 aliphatic rings. The molecule has 1 heterocycles. The topological polar surface area (TPSA) is 114 Å². The summed E-state index contributed by atoms with van der Waals surface area (Å²) in [7, 11) is 1.27. The Kier molecular flexibility index (Phi) is 9.11. The maximum atomic E-state index is 13.2. The van der Waals surface area contributed by atoms with Crippen LogP contribution in [-0.2, 0) is 23.9 Å². The molecule has 0 spiro atoms. The Balaban J connectivity index is 2.93. The summed E-state index contributed by atoms with van der Waals surface area (Å²) in [5, 5.41) is 5.35. The van der Waals surface area contributed by atoms with Gasteiger partial charge in [0.2, 0.25) is 11.8 Å². The predicted octanol–water partition coefficient (Wildman–Crippen LogP) is 1.84. The van der Waals surface area contributed by atoms with Crippen molar-refractivity contribution in [3.63, 3.8) is 0 Å². The van der Waals surface area contributed by atoms with Crippen LogP contribution in [0.15, 0.2) is 0 Å². The summed E-state index contributed by atoms with van der Waals surface area (Å²) in [4.78, 5) is 51.7. The minimum atomic E-state index is -0.824. The van der Waals surface area contributed by atoms with E-state index >= 15 is 0 Å². The van der Waals surface area contributed by atoms with Gasteiger partial charge in [0.05, 0.1) is 7.11 Å². The van der Waals surface area contributed by atoms with Crippen LogP contribution in [0.4, 0.5) is 4.79 Å². The third-order valence-corrected chi connectivity index (χ3v) is 4.86. The number of nitrogens with one attached hydrogen (secondary N) is 2. The molecule has 3 atom stereocenters. The van der Waals surface area contributed by atoms with Gasteiger partial charge in [-0.15, -0.1) is 0 Å². The van der Waals surface area contributed by atoms with Crippen LogP contribution >= 0.6 is 0 Å². The van der Waals surface area contributed by atoms with Crippen LogP contribution in [0.5, 0.6) is 0 Å². The Labute approximate surface area is 179 Å². The highest BCUT2D eigenvalue weighted by atomic mass is 16.6. The molecule has 0 aliphatic carbocycles. The lowest BCUT2D eigenvalue weighted by atomic mass is 10.0. The molecule has 1 fully saturated rings. The largest absolute Gasteiger partial charge is 0.467 e. The maximum absolute atomic E-state index is 13.2. The number of carbonyl (C=O) groups excluding carboxylic acids is 4. The normalized spacial score (nSPS) is 18.7. The zero-order valence-corrected chi connectivity index (χ0v) is 19.4. The first-order valence-electron chi connectivity index (χ1n) is 10.5. The fourth-order valence-corrected chi connectivity index (χ4v) is 3.30. The molecule has 1 unspecified atom stereocenters. The number of likely N-dealkylation sites (tertiary alicyclic amines) is 1. The standard InChI is InChI=1S/C21H37N3O6/c1-12(2)15(23-20(28)30-21(5,6)7)18(26)24-11-9-10-14(24)17(25)22-16(13(3)4)19(27)29-8/h12-16H,9-11H2,1-8H3,(H,22,25)(H,23,28)/t14?,15-,16-/m0/s1. The number of methoxy groups -OCH3 is 1. The van der Waals surface area contributed by atoms with E-state index in [0.29, 0.717) is 19.4 Å². The monoisotopic (exact) mass is 427 g/mol. The highest BCUT2D eigenvalue weighted by Crippen LogP contribution is 2.21. The molecule has 30 heavy (non-hydrogen) atoms. The van der Waals surface area contributed by atoms with E-state index < -0.39 is 41.7 Å². The van der Waals surface area contributed by atoms with Crippen LogP contribution in [-0.4, -0.2) is 66.2 Å². The minimum absolute atomic E-state index is 0.163. The SMILES string of the molecule is COC(=O)[C@@H](NC(=O)C1CCCN1C(=O)[C@@H](NC(=O)OC(C)(C)C)C(C)C)C(C)C. The van der Waals surface area contributed by atoms with Crippen LogP contribution in [0.1, 0.15) is 61.3 Å². The van der Waals surface area contributed by atoms with Crippen molar-refractivity contribution < 1.29 is 28.7 Å². The lowest BCUT2D eigenvalue weighted by Gasteiger charge is -2.32. The summed E-state index contributed by atoms with van der Waals surface area (Å²) >= 11 is 0. The summed E-state index contributed by atoms with van der Waals surface area (Å²) in [6.07, 6.45) is 0.465. The lowest BCUT2D eigenvalue weighted by Crippen LogP contribution is -2.57. The second kappa shape index (κ2) is 10.6. The summed E-state index contributed by atoms with van der Waals surface area (Å²) in [5.41, 5.74) is -0.690. The zero-order chi connectivity index (χ0) is 23.2. The summed E-state index contributed by atoms with van der Waals surface area (Å²) in [6.45, 7) is 12.9. The average molecular weight is 428 g/mol. The number of rotatable bonds is 7. The van der Waals surface area contributed by atoms with Gasteiger partial charge in [-0.1, -0.05) is 27.7 Å². The number of amides is 3. The predicted molar refractivity (Wildman–Crippen MR) is 112 cm³/mol. The van der Waals surface area contributed by atoms with Crippen molar-refractivity contribution in [3.8, 4) is 0 Å². The Morgan fingerprint density at radius 2 is 1.53 bits per heavy atom. The van der Waals surface area contributed by atoms with Gasteiger partial charge in [0, 0.05) is 6.54 Å². The van der Waals surface area contributed by atoms with E-state index in [0.717, 1.165) is 0 Å². The molecule has 1 aliphatic heterocycles. The number of alkyl carbamates (subject to hydrolysis) is 1. The number of nitrogens with zero attached hydrogens (tertiary/aromatic N) is 1. The van der Waals surface area contributed by atoms with Crippen molar-refractivity contribution >= 4 is 23.9 Å². The smallest absolute Gasteiger partial charge is 0.408 e. The Bertz CT molecular complexity index is 641. The summed E-state index contributed by atoms with van der Waals surface area (Å²) in [6, 6.07) is -2.32. The highest BCUT2D eigenvalue weighted by molar-refractivity contribution is 5.93. The second-order valence-electron chi connectivity index (χ2n) is 9.31. The maximum Gasteiger partial charge on any atom is 0.408 e. The molecular formula is C21H37N3O6. The molecule has 0 bridgehead atoms. The van der Waals surface area contributed by atoms with Gasteiger partial charge in [-0.3, -0.25) is 9.59 Å². The summed E-state index contributed by atoms with van der Waals surface area (Å²) < 4.78 is 10.0. The van der Waals surface area contributed by atoms with Crippen molar-refractivity contribution in [3.05, 3.63) is 0 Å². The lowest BCUT2D eigenvalue weighted by molar-refractivity contribution is -0.147. The van der Waals surface area contributed by atoms with Crippen molar-refractivity contribution in [1.82, 2.24) is 15.5 Å². The molecule has 2 N–H and O–H groups in total. The number of carbonyl (C=O) groups is 4. The van der Waals surface area contributed by atoms with Crippen molar-refractivity contribution in [2.45, 2.75) is 85.0 Å². The van der Waals surface area contributed by atoms with Gasteiger partial charge >= 0.3 is 12.1 Å². The number of esters is 1. The second-order valence-corrected chi connectivity index (χ2v) is 9.31. The van der Waals surface area contributed by atoms with Crippen LogP contribution in [0.25, 0.3) is 0 Å². The van der Waals surface area contributed by atoms with Crippen molar-refractivity contribution in [2.75, 3.05) is 13.7 Å². The van der Waals surface area contributed by atoms with Crippen LogP contribution in [0.3, 0.4) is 0 Å². The molecule has 9 nitrogen and oxygen atoms in total. The molecule has 0 aromatic rings. The van der Waals surface area contributed by atoms with Gasteiger partial charge in [-0.2, -0.15) is 0 Å². The summed E-state index contributed by atoms with van der Waals surface area (Å²) in [5.74, 6) is -1.63.